The number of aromatic amines is 1. The van der Waals surface area contributed by atoms with Gasteiger partial charge in [-0.2, -0.15) is 10.2 Å². The van der Waals surface area contributed by atoms with Gasteiger partial charge in [-0.05, 0) is 32.8 Å². The Kier molecular flexibility index (Phi) is 6.32. The van der Waals surface area contributed by atoms with E-state index in [4.69, 9.17) is 0 Å². The first-order valence-corrected chi connectivity index (χ1v) is 8.35. The molecule has 2 heterocycles. The summed E-state index contributed by atoms with van der Waals surface area (Å²) >= 11 is 0. The van der Waals surface area contributed by atoms with Crippen molar-refractivity contribution in [3.63, 3.8) is 0 Å². The standard InChI is InChI=1S/C17H25N5O3/c1-11-16(12(2)22(3)21-11)13-10-14(20-19-13)17(24)18-9-7-5-6-8-15(23)25-4/h10H,5-9H2,1-4H3,(H,18,24)(H,19,20). The Labute approximate surface area is 146 Å². The van der Waals surface area contributed by atoms with Gasteiger partial charge < -0.3 is 10.1 Å². The normalized spacial score (nSPS) is 10.7. The Bertz CT molecular complexity index is 748. The van der Waals surface area contributed by atoms with Crippen molar-refractivity contribution in [3.05, 3.63) is 23.1 Å². The second-order valence-corrected chi connectivity index (χ2v) is 5.98. The largest absolute Gasteiger partial charge is 0.469 e. The number of aromatic nitrogens is 4. The molecule has 2 rings (SSSR count). The fourth-order valence-corrected chi connectivity index (χ4v) is 2.68. The molecule has 0 aliphatic heterocycles. The summed E-state index contributed by atoms with van der Waals surface area (Å²) in [7, 11) is 3.27. The summed E-state index contributed by atoms with van der Waals surface area (Å²) in [6.45, 7) is 4.45. The number of hydrogen-bond acceptors (Lipinski definition) is 5. The fraction of sp³-hybridized carbons (Fsp3) is 0.529. The first-order valence-electron chi connectivity index (χ1n) is 8.35. The molecular formula is C17H25N5O3. The number of aryl methyl sites for hydroxylation is 2. The molecule has 0 saturated heterocycles. The molecular weight excluding hydrogens is 322 g/mol. The van der Waals surface area contributed by atoms with Crippen LogP contribution in [-0.2, 0) is 16.6 Å². The maximum atomic E-state index is 12.2. The molecule has 0 aromatic carbocycles. The van der Waals surface area contributed by atoms with Crippen molar-refractivity contribution in [2.45, 2.75) is 39.5 Å². The van der Waals surface area contributed by atoms with Crippen LogP contribution >= 0.6 is 0 Å². The van der Waals surface area contributed by atoms with E-state index in [1.165, 1.54) is 7.11 Å². The highest BCUT2D eigenvalue weighted by molar-refractivity contribution is 5.93. The summed E-state index contributed by atoms with van der Waals surface area (Å²) < 4.78 is 6.38. The monoisotopic (exact) mass is 347 g/mol. The van der Waals surface area contributed by atoms with Crippen LogP contribution in [0.25, 0.3) is 11.3 Å². The van der Waals surface area contributed by atoms with Gasteiger partial charge in [-0.15, -0.1) is 0 Å². The summed E-state index contributed by atoms with van der Waals surface area (Å²) in [6, 6.07) is 1.74. The van der Waals surface area contributed by atoms with E-state index in [-0.39, 0.29) is 11.9 Å². The summed E-state index contributed by atoms with van der Waals surface area (Å²) in [6.07, 6.45) is 2.84. The Morgan fingerprint density at radius 1 is 1.28 bits per heavy atom. The quantitative estimate of drug-likeness (QED) is 0.561. The van der Waals surface area contributed by atoms with Crippen molar-refractivity contribution in [3.8, 4) is 11.3 Å². The predicted octanol–water partition coefficient (Wildman–Crippen LogP) is 1.89. The molecule has 25 heavy (non-hydrogen) atoms. The lowest BCUT2D eigenvalue weighted by molar-refractivity contribution is -0.140. The molecule has 0 saturated carbocycles. The van der Waals surface area contributed by atoms with Crippen LogP contribution in [0.15, 0.2) is 6.07 Å². The van der Waals surface area contributed by atoms with E-state index in [0.29, 0.717) is 24.4 Å². The molecule has 8 heteroatoms. The van der Waals surface area contributed by atoms with Gasteiger partial charge in [-0.1, -0.05) is 6.42 Å². The maximum absolute atomic E-state index is 12.2. The number of H-pyrrole nitrogens is 1. The fourth-order valence-electron chi connectivity index (χ4n) is 2.68. The third-order valence-corrected chi connectivity index (χ3v) is 4.16. The van der Waals surface area contributed by atoms with Crippen LogP contribution in [0, 0.1) is 13.8 Å². The van der Waals surface area contributed by atoms with Gasteiger partial charge in [0.05, 0.1) is 18.5 Å². The smallest absolute Gasteiger partial charge is 0.305 e. The molecule has 1 amide bonds. The Morgan fingerprint density at radius 3 is 2.68 bits per heavy atom. The lowest BCUT2D eigenvalue weighted by Crippen LogP contribution is -2.24. The van der Waals surface area contributed by atoms with Crippen LogP contribution < -0.4 is 5.32 Å². The average Bonchev–Trinajstić information content (AvgIpc) is 3.15. The highest BCUT2D eigenvalue weighted by Crippen LogP contribution is 2.25. The van der Waals surface area contributed by atoms with Crippen molar-refractivity contribution < 1.29 is 14.3 Å². The van der Waals surface area contributed by atoms with E-state index in [1.807, 2.05) is 20.9 Å². The lowest BCUT2D eigenvalue weighted by atomic mass is 10.1. The molecule has 2 aromatic rings. The van der Waals surface area contributed by atoms with Gasteiger partial charge >= 0.3 is 5.97 Å². The molecule has 8 nitrogen and oxygen atoms in total. The average molecular weight is 347 g/mol. The molecule has 0 aliphatic rings. The minimum atomic E-state index is -0.199. The van der Waals surface area contributed by atoms with E-state index in [2.05, 4.69) is 25.3 Å². The van der Waals surface area contributed by atoms with Crippen molar-refractivity contribution >= 4 is 11.9 Å². The minimum absolute atomic E-state index is 0.189. The van der Waals surface area contributed by atoms with E-state index < -0.39 is 0 Å². The van der Waals surface area contributed by atoms with E-state index in [0.717, 1.165) is 36.2 Å². The number of hydrogen-bond donors (Lipinski definition) is 2. The van der Waals surface area contributed by atoms with Crippen LogP contribution in [0.1, 0.15) is 47.6 Å². The molecule has 2 aromatic heterocycles. The number of carbonyl (C=O) groups is 2. The highest BCUT2D eigenvalue weighted by atomic mass is 16.5. The Morgan fingerprint density at radius 2 is 2.04 bits per heavy atom. The summed E-state index contributed by atoms with van der Waals surface area (Å²) in [5, 5.41) is 14.2. The van der Waals surface area contributed by atoms with Gasteiger partial charge in [0.1, 0.15) is 5.69 Å². The Balaban J connectivity index is 1.83. The number of amides is 1. The van der Waals surface area contributed by atoms with Crippen molar-refractivity contribution in [2.75, 3.05) is 13.7 Å². The van der Waals surface area contributed by atoms with Crippen LogP contribution in [0.4, 0.5) is 0 Å². The van der Waals surface area contributed by atoms with Gasteiger partial charge in [-0.3, -0.25) is 19.4 Å². The summed E-state index contributed by atoms with van der Waals surface area (Å²) in [5.74, 6) is -0.388. The van der Waals surface area contributed by atoms with Crippen molar-refractivity contribution in [1.82, 2.24) is 25.3 Å². The number of methoxy groups -OCH3 is 1. The van der Waals surface area contributed by atoms with Gasteiger partial charge in [0.15, 0.2) is 0 Å². The van der Waals surface area contributed by atoms with E-state index >= 15 is 0 Å². The zero-order chi connectivity index (χ0) is 18.4. The number of esters is 1. The Hall–Kier alpha value is -2.64. The third kappa shape index (κ3) is 4.68. The first-order chi connectivity index (χ1) is 11.9. The van der Waals surface area contributed by atoms with Gasteiger partial charge in [-0.25, -0.2) is 0 Å². The molecule has 136 valence electrons. The zero-order valence-electron chi connectivity index (χ0n) is 15.2. The molecule has 0 unspecified atom stereocenters. The number of unbranched alkanes of at least 4 members (excludes halogenated alkanes) is 2. The van der Waals surface area contributed by atoms with Crippen molar-refractivity contribution in [2.24, 2.45) is 7.05 Å². The molecule has 0 aliphatic carbocycles. The number of nitrogens with one attached hydrogen (secondary N) is 2. The van der Waals surface area contributed by atoms with Crippen LogP contribution in [0.3, 0.4) is 0 Å². The van der Waals surface area contributed by atoms with Crippen molar-refractivity contribution in [1.29, 1.82) is 0 Å². The van der Waals surface area contributed by atoms with Crippen LogP contribution in [0.2, 0.25) is 0 Å². The maximum Gasteiger partial charge on any atom is 0.305 e. The second kappa shape index (κ2) is 8.46. The molecule has 0 spiro atoms. The first kappa shape index (κ1) is 18.7. The SMILES string of the molecule is COC(=O)CCCCCNC(=O)c1cc(-c2c(C)nn(C)c2C)n[nH]1. The van der Waals surface area contributed by atoms with E-state index in [9.17, 15) is 9.59 Å². The lowest BCUT2D eigenvalue weighted by Gasteiger charge is -2.03. The second-order valence-electron chi connectivity index (χ2n) is 5.98. The van der Waals surface area contributed by atoms with Gasteiger partial charge in [0, 0.05) is 31.3 Å². The summed E-state index contributed by atoms with van der Waals surface area (Å²) in [5.41, 5.74) is 3.96. The third-order valence-electron chi connectivity index (χ3n) is 4.16. The number of nitrogens with zero attached hydrogens (tertiary/aromatic N) is 3. The zero-order valence-corrected chi connectivity index (χ0v) is 15.2. The number of ether oxygens (including phenoxy) is 1. The number of carbonyl (C=O) groups excluding carboxylic acids is 2. The molecule has 0 atom stereocenters. The van der Waals surface area contributed by atoms with Crippen LogP contribution in [-0.4, -0.2) is 45.5 Å². The number of rotatable bonds is 8. The molecule has 0 bridgehead atoms. The van der Waals surface area contributed by atoms with Gasteiger partial charge in [0.25, 0.3) is 5.91 Å². The van der Waals surface area contributed by atoms with Gasteiger partial charge in [0.2, 0.25) is 0 Å². The molecule has 0 fully saturated rings. The summed E-state index contributed by atoms with van der Waals surface area (Å²) in [4.78, 5) is 23.2. The van der Waals surface area contributed by atoms with Crippen LogP contribution in [0.5, 0.6) is 0 Å². The highest BCUT2D eigenvalue weighted by Gasteiger charge is 2.16. The minimum Gasteiger partial charge on any atom is -0.469 e. The molecule has 2 N–H and O–H groups in total. The topological polar surface area (TPSA) is 102 Å². The molecule has 0 radical (unpaired) electrons. The van der Waals surface area contributed by atoms with E-state index in [1.54, 1.807) is 10.7 Å². The predicted molar refractivity (Wildman–Crippen MR) is 93.1 cm³/mol.